The van der Waals surface area contributed by atoms with Crippen LogP contribution >= 0.6 is 12.2 Å². The maximum Gasteiger partial charge on any atom is 0.298 e. The Balaban J connectivity index is 1.84. The van der Waals surface area contributed by atoms with Gasteiger partial charge in [-0.3, -0.25) is 0 Å². The summed E-state index contributed by atoms with van der Waals surface area (Å²) in [5, 5.41) is 0. The van der Waals surface area contributed by atoms with Crippen molar-refractivity contribution < 1.29 is 4.42 Å². The minimum absolute atomic E-state index is 0.404. The summed E-state index contributed by atoms with van der Waals surface area (Å²) in [7, 11) is 1.94. The minimum atomic E-state index is 0.404. The zero-order chi connectivity index (χ0) is 14.8. The third-order valence-electron chi connectivity index (χ3n) is 3.24. The number of rotatable bonds is 4. The molecule has 0 atom stereocenters. The first-order chi connectivity index (χ1) is 10.1. The molecule has 2 aromatic carbocycles. The molecule has 0 amide bonds. The predicted octanol–water partition coefficient (Wildman–Crippen LogP) is 3.10. The second-order valence-electron chi connectivity index (χ2n) is 4.88. The smallest absolute Gasteiger partial charge is 0.298 e. The van der Waals surface area contributed by atoms with Gasteiger partial charge in [0.05, 0.1) is 0 Å². The van der Waals surface area contributed by atoms with Gasteiger partial charge in [0, 0.05) is 19.2 Å². The van der Waals surface area contributed by atoms with Crippen molar-refractivity contribution in [3.8, 4) is 0 Å². The lowest BCUT2D eigenvalue weighted by atomic mass is 10.1. The molecule has 1 heterocycles. The monoisotopic (exact) mass is 297 g/mol. The third kappa shape index (κ3) is 2.87. The van der Waals surface area contributed by atoms with Gasteiger partial charge in [-0.2, -0.15) is 4.98 Å². The maximum atomic E-state index is 5.74. The van der Waals surface area contributed by atoms with Crippen LogP contribution in [0.1, 0.15) is 11.1 Å². The number of hydrogen-bond acceptors (Lipinski definition) is 4. The molecule has 0 aliphatic carbocycles. The average molecular weight is 297 g/mol. The normalized spacial score (nSPS) is 10.7. The first kappa shape index (κ1) is 13.6. The number of oxazole rings is 1. The van der Waals surface area contributed by atoms with E-state index in [0.717, 1.165) is 22.2 Å². The van der Waals surface area contributed by atoms with Crippen molar-refractivity contribution in [2.75, 3.05) is 11.9 Å². The fourth-order valence-corrected chi connectivity index (χ4v) is 2.31. The largest absolute Gasteiger partial charge is 0.423 e. The van der Waals surface area contributed by atoms with Gasteiger partial charge in [-0.15, -0.1) is 0 Å². The van der Waals surface area contributed by atoms with Crippen LogP contribution in [0.25, 0.3) is 11.1 Å². The van der Waals surface area contributed by atoms with E-state index in [-0.39, 0.29) is 0 Å². The van der Waals surface area contributed by atoms with Gasteiger partial charge in [-0.05, 0) is 23.8 Å². The summed E-state index contributed by atoms with van der Waals surface area (Å²) in [5.74, 6) is 0. The maximum absolute atomic E-state index is 5.74. The van der Waals surface area contributed by atoms with Gasteiger partial charge in [0.25, 0.3) is 6.01 Å². The molecule has 3 aromatic rings. The fourth-order valence-electron chi connectivity index (χ4n) is 2.19. The van der Waals surface area contributed by atoms with E-state index in [9.17, 15) is 0 Å². The van der Waals surface area contributed by atoms with Crippen LogP contribution in [0.2, 0.25) is 0 Å². The van der Waals surface area contributed by atoms with Gasteiger partial charge in [-0.25, -0.2) is 0 Å². The molecule has 2 N–H and O–H groups in total. The fraction of sp³-hybridized carbons (Fsp3) is 0.125. The molecular formula is C16H15N3OS. The summed E-state index contributed by atoms with van der Waals surface area (Å²) >= 11 is 5.01. The standard InChI is InChI=1S/C16H15N3OS/c1-19(10-11-5-4-6-12(9-11)15(17)21)16-18-13-7-2-3-8-14(13)20-16/h2-9H,10H2,1H3,(H2,17,21). The van der Waals surface area contributed by atoms with Crippen molar-refractivity contribution in [1.82, 2.24) is 4.98 Å². The number of para-hydroxylation sites is 2. The Morgan fingerprint density at radius 2 is 2.05 bits per heavy atom. The number of fused-ring (bicyclic) bond motifs is 1. The van der Waals surface area contributed by atoms with Gasteiger partial charge in [-0.1, -0.05) is 42.5 Å². The first-order valence-electron chi connectivity index (χ1n) is 6.59. The zero-order valence-corrected chi connectivity index (χ0v) is 12.4. The quantitative estimate of drug-likeness (QED) is 0.750. The van der Waals surface area contributed by atoms with Crippen LogP contribution in [-0.2, 0) is 6.54 Å². The highest BCUT2D eigenvalue weighted by Crippen LogP contribution is 2.22. The van der Waals surface area contributed by atoms with Crippen LogP contribution in [0.5, 0.6) is 0 Å². The van der Waals surface area contributed by atoms with Crippen molar-refractivity contribution in [2.24, 2.45) is 5.73 Å². The molecule has 21 heavy (non-hydrogen) atoms. The zero-order valence-electron chi connectivity index (χ0n) is 11.6. The molecule has 0 saturated carbocycles. The summed E-state index contributed by atoms with van der Waals surface area (Å²) in [6.07, 6.45) is 0. The van der Waals surface area contributed by atoms with Crippen molar-refractivity contribution >= 4 is 34.3 Å². The van der Waals surface area contributed by atoms with Gasteiger partial charge >= 0.3 is 0 Å². The van der Waals surface area contributed by atoms with Crippen LogP contribution in [0, 0.1) is 0 Å². The summed E-state index contributed by atoms with van der Waals surface area (Å²) in [5.41, 5.74) is 9.28. The predicted molar refractivity (Wildman–Crippen MR) is 88.4 cm³/mol. The molecule has 0 radical (unpaired) electrons. The van der Waals surface area contributed by atoms with Gasteiger partial charge < -0.3 is 15.1 Å². The third-order valence-corrected chi connectivity index (χ3v) is 3.48. The molecule has 0 fully saturated rings. The van der Waals surface area contributed by atoms with Crippen molar-refractivity contribution in [3.05, 3.63) is 59.7 Å². The van der Waals surface area contributed by atoms with E-state index in [1.54, 1.807) is 0 Å². The van der Waals surface area contributed by atoms with E-state index in [1.165, 1.54) is 0 Å². The summed E-state index contributed by atoms with van der Waals surface area (Å²) in [6.45, 7) is 0.670. The van der Waals surface area contributed by atoms with E-state index in [1.807, 2.05) is 60.5 Å². The summed E-state index contributed by atoms with van der Waals surface area (Å²) < 4.78 is 5.74. The molecule has 1 aromatic heterocycles. The van der Waals surface area contributed by atoms with Crippen molar-refractivity contribution in [2.45, 2.75) is 6.54 Å². The SMILES string of the molecule is CN(Cc1cccc(C(N)=S)c1)c1nc2ccccc2o1. The number of anilines is 1. The second-order valence-corrected chi connectivity index (χ2v) is 5.32. The molecule has 106 valence electrons. The molecule has 3 rings (SSSR count). The molecule has 0 aliphatic heterocycles. The van der Waals surface area contributed by atoms with Crippen LogP contribution in [0.4, 0.5) is 6.01 Å². The van der Waals surface area contributed by atoms with Crippen LogP contribution in [0.3, 0.4) is 0 Å². The molecule has 0 unspecified atom stereocenters. The summed E-state index contributed by atoms with van der Waals surface area (Å²) in [6, 6.07) is 16.2. The lowest BCUT2D eigenvalue weighted by Crippen LogP contribution is -2.17. The van der Waals surface area contributed by atoms with E-state index >= 15 is 0 Å². The van der Waals surface area contributed by atoms with Crippen LogP contribution < -0.4 is 10.6 Å². The van der Waals surface area contributed by atoms with Crippen LogP contribution in [-0.4, -0.2) is 17.0 Å². The number of nitrogens with zero attached hydrogens (tertiary/aromatic N) is 2. The highest BCUT2D eigenvalue weighted by molar-refractivity contribution is 7.80. The Labute approximate surface area is 128 Å². The molecule has 0 bridgehead atoms. The van der Waals surface area contributed by atoms with E-state index in [2.05, 4.69) is 4.98 Å². The highest BCUT2D eigenvalue weighted by atomic mass is 32.1. The number of aromatic nitrogens is 1. The molecule has 4 nitrogen and oxygen atoms in total. The highest BCUT2D eigenvalue weighted by Gasteiger charge is 2.10. The van der Waals surface area contributed by atoms with Gasteiger partial charge in [0.15, 0.2) is 5.58 Å². The van der Waals surface area contributed by atoms with Crippen molar-refractivity contribution in [1.29, 1.82) is 0 Å². The van der Waals surface area contributed by atoms with Crippen LogP contribution in [0.15, 0.2) is 52.9 Å². The second kappa shape index (κ2) is 5.54. The number of benzene rings is 2. The Morgan fingerprint density at radius 1 is 1.24 bits per heavy atom. The Kier molecular flexibility index (Phi) is 3.58. The van der Waals surface area contributed by atoms with E-state index in [4.69, 9.17) is 22.4 Å². The summed E-state index contributed by atoms with van der Waals surface area (Å²) in [4.78, 5) is 6.84. The van der Waals surface area contributed by atoms with Crippen molar-refractivity contribution in [3.63, 3.8) is 0 Å². The van der Waals surface area contributed by atoms with E-state index < -0.39 is 0 Å². The number of hydrogen-bond donors (Lipinski definition) is 1. The van der Waals surface area contributed by atoms with Gasteiger partial charge in [0.1, 0.15) is 10.5 Å². The Morgan fingerprint density at radius 3 is 2.81 bits per heavy atom. The first-order valence-corrected chi connectivity index (χ1v) is 7.00. The number of nitrogens with two attached hydrogens (primary N) is 1. The Bertz CT molecular complexity index is 764. The van der Waals surface area contributed by atoms with E-state index in [0.29, 0.717) is 17.5 Å². The lowest BCUT2D eigenvalue weighted by Gasteiger charge is -2.14. The lowest BCUT2D eigenvalue weighted by molar-refractivity contribution is 0.582. The average Bonchev–Trinajstić information content (AvgIpc) is 2.91. The van der Waals surface area contributed by atoms with Gasteiger partial charge in [0.2, 0.25) is 0 Å². The molecule has 0 spiro atoms. The number of thiocarbonyl (C=S) groups is 1. The molecule has 5 heteroatoms. The topological polar surface area (TPSA) is 55.3 Å². The molecule has 0 aliphatic rings. The minimum Gasteiger partial charge on any atom is -0.423 e. The molecular weight excluding hydrogens is 282 g/mol. The molecule has 0 saturated heterocycles. The Hall–Kier alpha value is -2.40.